The molecule has 0 aromatic heterocycles. The number of carbonyl (C=O) groups excluding carboxylic acids is 2. The van der Waals surface area contributed by atoms with Crippen LogP contribution >= 0.6 is 0 Å². The van der Waals surface area contributed by atoms with E-state index in [9.17, 15) is 14.7 Å². The SMILES string of the molecule is CC/C=C\C/C=C\C/C=C\C/C=C\C/C=C\C/C=C\CCCCCCCCCCCCCCCCC(=O)OC(CO)COC(=O)CCCCCCCC/C=C\C/C=C\C/C=C\CCCCC. The zero-order chi connectivity index (χ0) is 47.7. The molecule has 0 aliphatic heterocycles. The van der Waals surface area contributed by atoms with Gasteiger partial charge in [-0.2, -0.15) is 0 Å². The van der Waals surface area contributed by atoms with Gasteiger partial charge in [0.15, 0.2) is 6.10 Å². The molecule has 0 saturated heterocycles. The predicted molar refractivity (Wildman–Crippen MR) is 288 cm³/mol. The monoisotopic (exact) mass is 915 g/mol. The molecule has 0 heterocycles. The van der Waals surface area contributed by atoms with Gasteiger partial charge in [-0.05, 0) is 103 Å². The van der Waals surface area contributed by atoms with Crippen molar-refractivity contribution in [3.8, 4) is 0 Å². The van der Waals surface area contributed by atoms with Crippen molar-refractivity contribution < 1.29 is 24.2 Å². The maximum absolute atomic E-state index is 12.3. The number of aliphatic hydroxyl groups is 1. The largest absolute Gasteiger partial charge is 0.462 e. The van der Waals surface area contributed by atoms with Gasteiger partial charge in [0.2, 0.25) is 0 Å². The lowest BCUT2D eigenvalue weighted by Gasteiger charge is -2.15. The van der Waals surface area contributed by atoms with Crippen LogP contribution in [0.25, 0.3) is 0 Å². The highest BCUT2D eigenvalue weighted by molar-refractivity contribution is 5.70. The molecule has 0 fully saturated rings. The van der Waals surface area contributed by atoms with Crippen LogP contribution in [-0.2, 0) is 19.1 Å². The van der Waals surface area contributed by atoms with Crippen LogP contribution in [-0.4, -0.2) is 36.4 Å². The van der Waals surface area contributed by atoms with Crippen LogP contribution in [0.2, 0.25) is 0 Å². The van der Waals surface area contributed by atoms with Gasteiger partial charge in [0.1, 0.15) is 6.61 Å². The van der Waals surface area contributed by atoms with Gasteiger partial charge in [0, 0.05) is 12.8 Å². The fourth-order valence-electron chi connectivity index (χ4n) is 7.45. The Morgan fingerprint density at radius 2 is 0.652 bits per heavy atom. The Bertz CT molecular complexity index is 1310. The summed E-state index contributed by atoms with van der Waals surface area (Å²) < 4.78 is 10.7. The summed E-state index contributed by atoms with van der Waals surface area (Å²) in [5, 5.41) is 9.64. The second kappa shape index (κ2) is 55.9. The Kier molecular flexibility index (Phi) is 53.0. The van der Waals surface area contributed by atoms with E-state index in [1.54, 1.807) is 0 Å². The van der Waals surface area contributed by atoms with Gasteiger partial charge in [0.05, 0.1) is 6.61 Å². The van der Waals surface area contributed by atoms with E-state index >= 15 is 0 Å². The van der Waals surface area contributed by atoms with Gasteiger partial charge in [-0.1, -0.05) is 239 Å². The third kappa shape index (κ3) is 53.2. The predicted octanol–water partition coefficient (Wildman–Crippen LogP) is 18.5. The molecule has 0 rings (SSSR count). The van der Waals surface area contributed by atoms with Gasteiger partial charge in [-0.15, -0.1) is 0 Å². The molecule has 0 aliphatic carbocycles. The minimum absolute atomic E-state index is 0.0771. The van der Waals surface area contributed by atoms with E-state index in [-0.39, 0.29) is 25.2 Å². The van der Waals surface area contributed by atoms with Crippen molar-refractivity contribution >= 4 is 11.9 Å². The van der Waals surface area contributed by atoms with Gasteiger partial charge in [0.25, 0.3) is 0 Å². The van der Waals surface area contributed by atoms with Crippen LogP contribution in [0.15, 0.2) is 109 Å². The van der Waals surface area contributed by atoms with Gasteiger partial charge < -0.3 is 14.6 Å². The topological polar surface area (TPSA) is 72.8 Å². The summed E-state index contributed by atoms with van der Waals surface area (Å²) in [7, 11) is 0. The number of allylic oxidation sites excluding steroid dienone is 18. The maximum Gasteiger partial charge on any atom is 0.306 e. The summed E-state index contributed by atoms with van der Waals surface area (Å²) >= 11 is 0. The number of ether oxygens (including phenoxy) is 2. The average molecular weight is 915 g/mol. The van der Waals surface area contributed by atoms with Gasteiger partial charge in [-0.25, -0.2) is 0 Å². The number of hydrogen-bond donors (Lipinski definition) is 1. The first-order valence-electron chi connectivity index (χ1n) is 27.4. The summed E-state index contributed by atoms with van der Waals surface area (Å²) in [6.45, 7) is 3.99. The summed E-state index contributed by atoms with van der Waals surface area (Å²) in [6, 6.07) is 0. The lowest BCUT2D eigenvalue weighted by atomic mass is 10.0. The molecule has 0 aromatic carbocycles. The van der Waals surface area contributed by atoms with Crippen molar-refractivity contribution in [3.05, 3.63) is 109 Å². The summed E-state index contributed by atoms with van der Waals surface area (Å²) in [5.74, 6) is -0.607. The number of carbonyl (C=O) groups is 2. The Morgan fingerprint density at radius 1 is 0.364 bits per heavy atom. The lowest BCUT2D eigenvalue weighted by molar-refractivity contribution is -0.161. The van der Waals surface area contributed by atoms with Gasteiger partial charge in [-0.3, -0.25) is 9.59 Å². The van der Waals surface area contributed by atoms with E-state index in [0.717, 1.165) is 96.3 Å². The first-order valence-corrected chi connectivity index (χ1v) is 27.4. The molecule has 5 heteroatoms. The summed E-state index contributed by atoms with van der Waals surface area (Å²) in [6.07, 6.45) is 80.5. The molecule has 0 saturated carbocycles. The lowest BCUT2D eigenvalue weighted by Crippen LogP contribution is -2.28. The molecule has 376 valence electrons. The molecule has 0 aliphatic rings. The van der Waals surface area contributed by atoms with Crippen LogP contribution < -0.4 is 0 Å². The van der Waals surface area contributed by atoms with E-state index in [4.69, 9.17) is 9.47 Å². The number of esters is 2. The Morgan fingerprint density at radius 3 is 0.985 bits per heavy atom. The molecule has 1 N–H and O–H groups in total. The first-order chi connectivity index (χ1) is 32.6. The highest BCUT2D eigenvalue weighted by atomic mass is 16.6. The van der Waals surface area contributed by atoms with Crippen LogP contribution in [0, 0.1) is 0 Å². The van der Waals surface area contributed by atoms with Crippen molar-refractivity contribution in [3.63, 3.8) is 0 Å². The number of unbranched alkanes of at least 4 members (excludes halogenated alkanes) is 23. The maximum atomic E-state index is 12.3. The first kappa shape index (κ1) is 62.6. The van der Waals surface area contributed by atoms with Crippen molar-refractivity contribution in [2.75, 3.05) is 13.2 Å². The van der Waals surface area contributed by atoms with Gasteiger partial charge >= 0.3 is 11.9 Å². The van der Waals surface area contributed by atoms with E-state index in [1.807, 2.05) is 0 Å². The molecule has 0 amide bonds. The highest BCUT2D eigenvalue weighted by Gasteiger charge is 2.16. The average Bonchev–Trinajstić information content (AvgIpc) is 3.32. The molecular weight excluding hydrogens is 813 g/mol. The van der Waals surface area contributed by atoms with E-state index in [0.29, 0.717) is 12.8 Å². The zero-order valence-corrected chi connectivity index (χ0v) is 42.9. The minimum Gasteiger partial charge on any atom is -0.462 e. The van der Waals surface area contributed by atoms with Crippen molar-refractivity contribution in [1.29, 1.82) is 0 Å². The van der Waals surface area contributed by atoms with Crippen LogP contribution in [0.4, 0.5) is 0 Å². The van der Waals surface area contributed by atoms with Crippen LogP contribution in [0.3, 0.4) is 0 Å². The minimum atomic E-state index is -0.784. The third-order valence-electron chi connectivity index (χ3n) is 11.6. The molecular formula is C61H102O5. The normalized spacial score (nSPS) is 13.1. The second-order valence-electron chi connectivity index (χ2n) is 17.9. The molecule has 0 radical (unpaired) electrons. The summed E-state index contributed by atoms with van der Waals surface area (Å²) in [4.78, 5) is 24.5. The van der Waals surface area contributed by atoms with E-state index in [2.05, 4.69) is 123 Å². The fourth-order valence-corrected chi connectivity index (χ4v) is 7.45. The van der Waals surface area contributed by atoms with Crippen molar-refractivity contribution in [2.45, 2.75) is 251 Å². The molecule has 0 spiro atoms. The van der Waals surface area contributed by atoms with Crippen molar-refractivity contribution in [1.82, 2.24) is 0 Å². The molecule has 5 nitrogen and oxygen atoms in total. The number of rotatable bonds is 49. The van der Waals surface area contributed by atoms with Crippen LogP contribution in [0.5, 0.6) is 0 Å². The van der Waals surface area contributed by atoms with Crippen molar-refractivity contribution in [2.24, 2.45) is 0 Å². The van der Waals surface area contributed by atoms with Crippen LogP contribution in [0.1, 0.15) is 245 Å². The van der Waals surface area contributed by atoms with E-state index < -0.39 is 6.10 Å². The number of aliphatic hydroxyl groups excluding tert-OH is 1. The molecule has 66 heavy (non-hydrogen) atoms. The zero-order valence-electron chi connectivity index (χ0n) is 42.9. The quantitative estimate of drug-likeness (QED) is 0.0374. The third-order valence-corrected chi connectivity index (χ3v) is 11.6. The Labute approximate surface area is 408 Å². The smallest absolute Gasteiger partial charge is 0.306 e. The molecule has 0 aromatic rings. The Balaban J connectivity index is 3.53. The highest BCUT2D eigenvalue weighted by Crippen LogP contribution is 2.15. The Hall–Kier alpha value is -3.44. The molecule has 0 bridgehead atoms. The van der Waals surface area contributed by atoms with E-state index in [1.165, 1.54) is 122 Å². The standard InChI is InChI=1S/C61H102O5/c1-3-5-7-9-11-13-15-17-19-21-23-24-25-26-27-28-29-30-31-32-33-34-35-36-38-40-42-44-46-48-50-52-54-56-61(64)66-59(57-62)58-65-60(63)55-53-51-49-47-45-43-41-39-37-22-20-18-16-14-12-10-8-6-4-2/h5,7,11-14,17-20,23-24,26-27,29-30,37,39,59,62H,3-4,6,8-10,15-16,21-22,25,28,31-36,38,40-58H2,1-2H3/b7-5-,13-11-,14-12-,19-17-,20-18-,24-23-,27-26-,30-29-,39-37-. The summed E-state index contributed by atoms with van der Waals surface area (Å²) in [5.41, 5.74) is 0. The number of hydrogen-bond acceptors (Lipinski definition) is 5. The fraction of sp³-hybridized carbons (Fsp3) is 0.672. The molecule has 1 unspecified atom stereocenters. The molecule has 1 atom stereocenters. The second-order valence-corrected chi connectivity index (χ2v) is 17.9.